The van der Waals surface area contributed by atoms with Gasteiger partial charge in [-0.05, 0) is 48.6 Å². The van der Waals surface area contributed by atoms with E-state index in [2.05, 4.69) is 14.4 Å². The smallest absolute Gasteiger partial charge is 0.286 e. The molecule has 1 aliphatic rings. The Bertz CT molecular complexity index is 1710. The molecule has 0 bridgehead atoms. The number of benzene rings is 1. The van der Waals surface area contributed by atoms with Gasteiger partial charge in [-0.25, -0.2) is 12.8 Å². The molecule has 0 spiro atoms. The Hall–Kier alpha value is -3.45. The third kappa shape index (κ3) is 5.07. The number of amidine groups is 1. The number of hydrogen-bond donors (Lipinski definition) is 3. The lowest BCUT2D eigenvalue weighted by molar-refractivity contribution is 0.374. The summed E-state index contributed by atoms with van der Waals surface area (Å²) in [6.07, 6.45) is 2.83. The molecule has 0 saturated carbocycles. The Morgan fingerprint density at radius 1 is 1.19 bits per heavy atom. The van der Waals surface area contributed by atoms with Gasteiger partial charge in [0.05, 0.1) is 17.5 Å². The van der Waals surface area contributed by atoms with Gasteiger partial charge in [0.15, 0.2) is 5.84 Å². The van der Waals surface area contributed by atoms with Crippen LogP contribution in [-0.4, -0.2) is 38.4 Å². The molecule has 192 valence electrons. The van der Waals surface area contributed by atoms with Gasteiger partial charge in [0, 0.05) is 17.4 Å². The summed E-state index contributed by atoms with van der Waals surface area (Å²) < 4.78 is 70.0. The van der Waals surface area contributed by atoms with Gasteiger partial charge in [-0.2, -0.15) is 8.42 Å². The van der Waals surface area contributed by atoms with Gasteiger partial charge in [0.2, 0.25) is 10.0 Å². The number of rotatable bonds is 5. The minimum atomic E-state index is -4.40. The highest BCUT2D eigenvalue weighted by Crippen LogP contribution is 2.35. The minimum Gasteiger partial charge on any atom is -0.507 e. The molecule has 13 heteroatoms. The lowest BCUT2D eigenvalue weighted by atomic mass is 9.88. The van der Waals surface area contributed by atoms with Crippen molar-refractivity contribution in [1.29, 1.82) is 0 Å². The first-order valence-corrected chi connectivity index (χ1v) is 14.2. The van der Waals surface area contributed by atoms with Gasteiger partial charge in [0.25, 0.3) is 15.6 Å². The molecule has 0 saturated heterocycles. The van der Waals surface area contributed by atoms with E-state index in [1.165, 1.54) is 24.3 Å². The maximum absolute atomic E-state index is 14.1. The van der Waals surface area contributed by atoms with Crippen LogP contribution < -0.4 is 15.6 Å². The number of sulfonamides is 2. The fourth-order valence-electron chi connectivity index (χ4n) is 3.89. The Balaban J connectivity index is 1.91. The first-order chi connectivity index (χ1) is 16.6. The summed E-state index contributed by atoms with van der Waals surface area (Å²) in [7, 11) is -8.06. The monoisotopic (exact) mass is 536 g/mol. The fourth-order valence-corrected chi connectivity index (χ4v) is 5.59. The number of nitrogens with one attached hydrogen (secondary N) is 2. The molecule has 1 aliphatic heterocycles. The van der Waals surface area contributed by atoms with Crippen LogP contribution in [0.5, 0.6) is 5.75 Å². The third-order valence-corrected chi connectivity index (χ3v) is 7.49. The average Bonchev–Trinajstić information content (AvgIpc) is 2.72. The second-order valence-electron chi connectivity index (χ2n) is 9.80. The van der Waals surface area contributed by atoms with Gasteiger partial charge in [0.1, 0.15) is 22.0 Å². The van der Waals surface area contributed by atoms with Gasteiger partial charge >= 0.3 is 0 Å². The van der Waals surface area contributed by atoms with E-state index in [-0.39, 0.29) is 21.7 Å². The quantitative estimate of drug-likeness (QED) is 0.454. The van der Waals surface area contributed by atoms with Crippen LogP contribution in [0, 0.1) is 11.2 Å². The second-order valence-corrected chi connectivity index (χ2v) is 13.1. The first-order valence-electron chi connectivity index (χ1n) is 10.9. The minimum absolute atomic E-state index is 0.00818. The zero-order chi connectivity index (χ0) is 26.6. The molecule has 0 fully saturated rings. The van der Waals surface area contributed by atoms with Crippen LogP contribution in [0.15, 0.2) is 50.6 Å². The van der Waals surface area contributed by atoms with Crippen LogP contribution in [-0.2, 0) is 26.5 Å². The van der Waals surface area contributed by atoms with Crippen LogP contribution in [0.3, 0.4) is 0 Å². The van der Waals surface area contributed by atoms with Crippen molar-refractivity contribution in [3.63, 3.8) is 0 Å². The highest BCUT2D eigenvalue weighted by atomic mass is 32.2. The van der Waals surface area contributed by atoms with E-state index in [0.29, 0.717) is 23.9 Å². The van der Waals surface area contributed by atoms with Crippen molar-refractivity contribution in [3.8, 4) is 5.75 Å². The summed E-state index contributed by atoms with van der Waals surface area (Å²) in [4.78, 5) is 13.0. The summed E-state index contributed by atoms with van der Waals surface area (Å²) in [6, 6.07) is 6.30. The predicted octanol–water partition coefficient (Wildman–Crippen LogP) is 3.06. The molecular weight excluding hydrogens is 511 g/mol. The van der Waals surface area contributed by atoms with Crippen molar-refractivity contribution in [3.05, 3.63) is 63.8 Å². The predicted molar refractivity (Wildman–Crippen MR) is 135 cm³/mol. The summed E-state index contributed by atoms with van der Waals surface area (Å²) in [6.45, 7) is 6.02. The lowest BCUT2D eigenvalue weighted by Crippen LogP contribution is -2.31. The van der Waals surface area contributed by atoms with Crippen molar-refractivity contribution in [2.75, 3.05) is 16.3 Å². The maximum atomic E-state index is 14.1. The van der Waals surface area contributed by atoms with Crippen LogP contribution in [0.1, 0.15) is 38.3 Å². The topological polar surface area (TPSA) is 146 Å². The SMILES string of the molecule is CC(C)(C)CCc1c(O)c(C2=NS(=O)(=O)c3cc(NS(C)(=O)=O)ccc3N2)c(=O)n2cc(F)ccc12. The highest BCUT2D eigenvalue weighted by molar-refractivity contribution is 7.92. The van der Waals surface area contributed by atoms with Gasteiger partial charge in [-0.1, -0.05) is 20.8 Å². The average molecular weight is 537 g/mol. The largest absolute Gasteiger partial charge is 0.507 e. The molecule has 0 unspecified atom stereocenters. The summed E-state index contributed by atoms with van der Waals surface area (Å²) >= 11 is 0. The van der Waals surface area contributed by atoms with Crippen LogP contribution in [0.25, 0.3) is 5.52 Å². The number of nitrogens with zero attached hydrogens (tertiary/aromatic N) is 2. The number of anilines is 2. The molecule has 3 heterocycles. The lowest BCUT2D eigenvalue weighted by Gasteiger charge is -2.22. The molecule has 2 aromatic heterocycles. The number of pyridine rings is 2. The van der Waals surface area contributed by atoms with E-state index in [1.54, 1.807) is 0 Å². The zero-order valence-corrected chi connectivity index (χ0v) is 21.6. The van der Waals surface area contributed by atoms with Crippen molar-refractivity contribution < 1.29 is 26.3 Å². The van der Waals surface area contributed by atoms with Crippen LogP contribution in [0.4, 0.5) is 15.8 Å². The standard InChI is InChI=1S/C23H25FN4O6S2/c1-23(2,3)10-9-15-17-8-5-13(24)12-28(17)22(30)19(20(15)29)21-25-16-7-6-14(26-35(4,31)32)11-18(16)36(33,34)27-21/h5-8,11-12,26,29H,9-10H2,1-4H3,(H,25,27). The normalized spacial score (nSPS) is 15.2. The molecule has 4 rings (SSSR count). The molecular formula is C23H25FN4O6S2. The Morgan fingerprint density at radius 3 is 2.53 bits per heavy atom. The van der Waals surface area contributed by atoms with E-state index < -0.39 is 48.6 Å². The number of halogens is 1. The Labute approximate surface area is 207 Å². The summed E-state index contributed by atoms with van der Waals surface area (Å²) in [5.74, 6) is -1.56. The molecule has 0 aliphatic carbocycles. The molecule has 0 atom stereocenters. The highest BCUT2D eigenvalue weighted by Gasteiger charge is 2.31. The van der Waals surface area contributed by atoms with Gasteiger partial charge in [-0.3, -0.25) is 13.9 Å². The number of aromatic nitrogens is 1. The number of aryl methyl sites for hydroxylation is 1. The van der Waals surface area contributed by atoms with Crippen molar-refractivity contribution in [2.45, 2.75) is 38.5 Å². The summed E-state index contributed by atoms with van der Waals surface area (Å²) in [5, 5.41) is 13.9. The van der Waals surface area contributed by atoms with E-state index in [0.717, 1.165) is 22.9 Å². The number of fused-ring (bicyclic) bond motifs is 2. The van der Waals surface area contributed by atoms with Crippen molar-refractivity contribution >= 4 is 42.8 Å². The molecule has 3 N–H and O–H groups in total. The van der Waals surface area contributed by atoms with Crippen molar-refractivity contribution in [1.82, 2.24) is 4.40 Å². The molecule has 36 heavy (non-hydrogen) atoms. The van der Waals surface area contributed by atoms with Crippen LogP contribution in [0.2, 0.25) is 0 Å². The maximum Gasteiger partial charge on any atom is 0.286 e. The third-order valence-electron chi connectivity index (χ3n) is 5.57. The van der Waals surface area contributed by atoms with Crippen LogP contribution >= 0.6 is 0 Å². The fraction of sp³-hybridized carbons (Fsp3) is 0.304. The molecule has 1 aromatic carbocycles. The summed E-state index contributed by atoms with van der Waals surface area (Å²) in [5.41, 5.74) is -0.730. The first kappa shape index (κ1) is 25.6. The van der Waals surface area contributed by atoms with Gasteiger partial charge in [-0.15, -0.1) is 4.40 Å². The molecule has 10 nitrogen and oxygen atoms in total. The number of hydrogen-bond acceptors (Lipinski definition) is 7. The van der Waals surface area contributed by atoms with E-state index in [1.807, 2.05) is 20.8 Å². The van der Waals surface area contributed by atoms with E-state index in [9.17, 15) is 31.1 Å². The number of aromatic hydroxyl groups is 1. The van der Waals surface area contributed by atoms with Crippen molar-refractivity contribution in [2.24, 2.45) is 9.81 Å². The molecule has 3 aromatic rings. The van der Waals surface area contributed by atoms with E-state index >= 15 is 0 Å². The Morgan fingerprint density at radius 2 is 1.89 bits per heavy atom. The molecule has 0 amide bonds. The Kier molecular flexibility index (Phi) is 6.12. The molecule has 0 radical (unpaired) electrons. The zero-order valence-electron chi connectivity index (χ0n) is 20.0. The second kappa shape index (κ2) is 8.59. The van der Waals surface area contributed by atoms with E-state index in [4.69, 9.17) is 0 Å². The van der Waals surface area contributed by atoms with Gasteiger partial charge < -0.3 is 10.4 Å².